The molecular formula is C17H20F3NO2. The van der Waals surface area contributed by atoms with Crippen LogP contribution in [0.25, 0.3) is 0 Å². The first-order valence-electron chi connectivity index (χ1n) is 7.95. The van der Waals surface area contributed by atoms with Crippen LogP contribution >= 0.6 is 0 Å². The molecule has 1 heterocycles. The monoisotopic (exact) mass is 327 g/mol. The molecular weight excluding hydrogens is 307 g/mol. The molecule has 0 aromatic heterocycles. The van der Waals surface area contributed by atoms with E-state index in [1.807, 2.05) is 30.3 Å². The number of halogens is 3. The number of ether oxygens (including phenoxy) is 1. The van der Waals surface area contributed by atoms with Gasteiger partial charge in [0.05, 0.1) is 5.41 Å². The molecule has 3 rings (SSSR count). The van der Waals surface area contributed by atoms with Crippen molar-refractivity contribution in [3.05, 3.63) is 35.9 Å². The van der Waals surface area contributed by atoms with Crippen LogP contribution in [0.3, 0.4) is 0 Å². The molecule has 0 radical (unpaired) electrons. The van der Waals surface area contributed by atoms with Crippen LogP contribution in [-0.4, -0.2) is 30.3 Å². The predicted molar refractivity (Wildman–Crippen MR) is 78.6 cm³/mol. The highest BCUT2D eigenvalue weighted by Gasteiger charge is 2.67. The maximum atomic E-state index is 13.2. The highest BCUT2D eigenvalue weighted by atomic mass is 19.4. The van der Waals surface area contributed by atoms with Gasteiger partial charge in [-0.2, -0.15) is 13.2 Å². The number of benzene rings is 1. The van der Waals surface area contributed by atoms with E-state index in [1.165, 1.54) is 4.90 Å². The minimum Gasteiger partial charge on any atom is -0.445 e. The van der Waals surface area contributed by atoms with Crippen molar-refractivity contribution in [1.82, 2.24) is 4.90 Å². The van der Waals surface area contributed by atoms with Crippen LogP contribution in [0, 0.1) is 11.3 Å². The quantitative estimate of drug-likeness (QED) is 0.824. The Morgan fingerprint density at radius 1 is 1.26 bits per heavy atom. The fourth-order valence-corrected chi connectivity index (χ4v) is 3.46. The van der Waals surface area contributed by atoms with E-state index in [2.05, 4.69) is 0 Å². The molecule has 1 saturated heterocycles. The highest BCUT2D eigenvalue weighted by Crippen LogP contribution is 2.63. The standard InChI is InChI=1S/C17H20F3NO2/c18-17(19,20)16(8-9-16)14-7-4-10-21(11-14)15(22)23-12-13-5-2-1-3-6-13/h1-3,5-6,14H,4,7-12H2. The summed E-state index contributed by atoms with van der Waals surface area (Å²) in [5.41, 5.74) is -0.700. The Morgan fingerprint density at radius 3 is 2.57 bits per heavy atom. The SMILES string of the molecule is O=C(OCc1ccccc1)N1CCCC(C2(C(F)(F)F)CC2)C1. The Balaban J connectivity index is 1.57. The molecule has 2 aliphatic rings. The molecule has 126 valence electrons. The van der Waals surface area contributed by atoms with Gasteiger partial charge >= 0.3 is 12.3 Å². The molecule has 3 nitrogen and oxygen atoms in total. The Labute approximate surface area is 133 Å². The first-order valence-corrected chi connectivity index (χ1v) is 7.95. The highest BCUT2D eigenvalue weighted by molar-refractivity contribution is 5.67. The van der Waals surface area contributed by atoms with E-state index in [0.717, 1.165) is 5.56 Å². The van der Waals surface area contributed by atoms with Gasteiger partial charge in [0.15, 0.2) is 0 Å². The molecule has 1 atom stereocenters. The number of carbonyl (C=O) groups is 1. The zero-order valence-corrected chi connectivity index (χ0v) is 12.8. The maximum absolute atomic E-state index is 13.2. The van der Waals surface area contributed by atoms with E-state index < -0.39 is 23.6 Å². The minimum atomic E-state index is -4.17. The van der Waals surface area contributed by atoms with E-state index in [9.17, 15) is 18.0 Å². The molecule has 2 fully saturated rings. The second kappa shape index (κ2) is 6.06. The van der Waals surface area contributed by atoms with Crippen molar-refractivity contribution in [2.24, 2.45) is 11.3 Å². The Bertz CT molecular complexity index is 555. The zero-order chi connectivity index (χ0) is 16.5. The molecule has 1 aromatic rings. The van der Waals surface area contributed by atoms with Crippen molar-refractivity contribution in [1.29, 1.82) is 0 Å². The van der Waals surface area contributed by atoms with Gasteiger partial charge in [0.25, 0.3) is 0 Å². The molecule has 1 saturated carbocycles. The van der Waals surface area contributed by atoms with Crippen molar-refractivity contribution in [3.8, 4) is 0 Å². The molecule has 6 heteroatoms. The lowest BCUT2D eigenvalue weighted by molar-refractivity contribution is -0.206. The number of piperidine rings is 1. The molecule has 0 N–H and O–H groups in total. The molecule has 1 unspecified atom stereocenters. The van der Waals surface area contributed by atoms with Crippen LogP contribution in [-0.2, 0) is 11.3 Å². The third-order valence-electron chi connectivity index (χ3n) is 5.02. The summed E-state index contributed by atoms with van der Waals surface area (Å²) in [5.74, 6) is -0.500. The number of rotatable bonds is 3. The number of hydrogen-bond donors (Lipinski definition) is 0. The summed E-state index contributed by atoms with van der Waals surface area (Å²) >= 11 is 0. The Hall–Kier alpha value is -1.72. The van der Waals surface area contributed by atoms with Gasteiger partial charge in [-0.15, -0.1) is 0 Å². The average Bonchev–Trinajstić information content (AvgIpc) is 3.35. The van der Waals surface area contributed by atoms with Crippen LogP contribution in [0.2, 0.25) is 0 Å². The van der Waals surface area contributed by atoms with Crippen molar-refractivity contribution >= 4 is 6.09 Å². The number of carbonyl (C=O) groups excluding carboxylic acids is 1. The smallest absolute Gasteiger partial charge is 0.410 e. The van der Waals surface area contributed by atoms with Gasteiger partial charge in [-0.05, 0) is 37.2 Å². The first kappa shape index (κ1) is 16.1. The lowest BCUT2D eigenvalue weighted by Crippen LogP contribution is -2.46. The van der Waals surface area contributed by atoms with Gasteiger partial charge in [0.1, 0.15) is 6.61 Å². The summed E-state index contributed by atoms with van der Waals surface area (Å²) < 4.78 is 45.0. The zero-order valence-electron chi connectivity index (χ0n) is 12.8. The summed E-state index contributed by atoms with van der Waals surface area (Å²) in [4.78, 5) is 13.6. The van der Waals surface area contributed by atoms with Gasteiger partial charge in [-0.25, -0.2) is 4.79 Å². The molecule has 0 bridgehead atoms. The van der Waals surface area contributed by atoms with Crippen LogP contribution in [0.1, 0.15) is 31.2 Å². The average molecular weight is 327 g/mol. The van der Waals surface area contributed by atoms with Crippen LogP contribution in [0.5, 0.6) is 0 Å². The van der Waals surface area contributed by atoms with Crippen molar-refractivity contribution in [2.45, 2.75) is 38.5 Å². The Kier molecular flexibility index (Phi) is 4.25. The second-order valence-electron chi connectivity index (χ2n) is 6.48. The molecule has 1 aromatic carbocycles. The summed E-state index contributed by atoms with van der Waals surface area (Å²) in [5, 5.41) is 0. The molecule has 1 aliphatic carbocycles. The predicted octanol–water partition coefficient (Wildman–Crippen LogP) is 4.38. The third-order valence-corrected chi connectivity index (χ3v) is 5.02. The first-order chi connectivity index (χ1) is 10.9. The third kappa shape index (κ3) is 3.31. The topological polar surface area (TPSA) is 29.5 Å². The molecule has 0 spiro atoms. The number of likely N-dealkylation sites (tertiary alicyclic amines) is 1. The number of alkyl halides is 3. The summed E-state index contributed by atoms with van der Waals surface area (Å²) in [7, 11) is 0. The fourth-order valence-electron chi connectivity index (χ4n) is 3.46. The van der Waals surface area contributed by atoms with Gasteiger partial charge in [-0.3, -0.25) is 0 Å². The van der Waals surface area contributed by atoms with E-state index in [1.54, 1.807) is 0 Å². The maximum Gasteiger partial charge on any atom is 0.410 e. The molecule has 23 heavy (non-hydrogen) atoms. The van der Waals surface area contributed by atoms with Crippen LogP contribution in [0.15, 0.2) is 30.3 Å². The van der Waals surface area contributed by atoms with Crippen LogP contribution < -0.4 is 0 Å². The van der Waals surface area contributed by atoms with Gasteiger partial charge in [-0.1, -0.05) is 30.3 Å². The number of amides is 1. The van der Waals surface area contributed by atoms with E-state index in [4.69, 9.17) is 4.74 Å². The molecule has 1 amide bonds. The summed E-state index contributed by atoms with van der Waals surface area (Å²) in [6.07, 6.45) is -3.18. The van der Waals surface area contributed by atoms with Gasteiger partial charge in [0, 0.05) is 13.1 Å². The number of nitrogens with zero attached hydrogens (tertiary/aromatic N) is 1. The Morgan fingerprint density at radius 2 is 1.96 bits per heavy atom. The van der Waals surface area contributed by atoms with Gasteiger partial charge < -0.3 is 9.64 Å². The van der Waals surface area contributed by atoms with E-state index >= 15 is 0 Å². The largest absolute Gasteiger partial charge is 0.445 e. The molecule has 1 aliphatic heterocycles. The second-order valence-corrected chi connectivity index (χ2v) is 6.48. The van der Waals surface area contributed by atoms with Crippen molar-refractivity contribution in [2.75, 3.05) is 13.1 Å². The number of hydrogen-bond acceptors (Lipinski definition) is 2. The lowest BCUT2D eigenvalue weighted by Gasteiger charge is -2.37. The van der Waals surface area contributed by atoms with Crippen LogP contribution in [0.4, 0.5) is 18.0 Å². The van der Waals surface area contributed by atoms with Crippen molar-refractivity contribution < 1.29 is 22.7 Å². The van der Waals surface area contributed by atoms with E-state index in [-0.39, 0.29) is 26.0 Å². The normalized spacial score (nSPS) is 23.4. The van der Waals surface area contributed by atoms with Gasteiger partial charge in [0.2, 0.25) is 0 Å². The summed E-state index contributed by atoms with van der Waals surface area (Å²) in [6.45, 7) is 0.760. The summed E-state index contributed by atoms with van der Waals surface area (Å²) in [6, 6.07) is 9.25. The van der Waals surface area contributed by atoms with Crippen molar-refractivity contribution in [3.63, 3.8) is 0 Å². The lowest BCUT2D eigenvalue weighted by atomic mass is 9.82. The minimum absolute atomic E-state index is 0.144. The fraction of sp³-hybridized carbons (Fsp3) is 0.588. The van der Waals surface area contributed by atoms with E-state index in [0.29, 0.717) is 19.4 Å².